The summed E-state index contributed by atoms with van der Waals surface area (Å²) in [5.41, 5.74) is 0.740. The molecule has 0 aliphatic carbocycles. The molecule has 0 aliphatic heterocycles. The van der Waals surface area contributed by atoms with Crippen LogP contribution in [0.3, 0.4) is 0 Å². The molecule has 6 nitrogen and oxygen atoms in total. The third kappa shape index (κ3) is 2.12. The number of aromatic carboxylic acids is 1. The average molecular weight is 263 g/mol. The molecule has 0 amide bonds. The number of rotatable bonds is 4. The van der Waals surface area contributed by atoms with Gasteiger partial charge in [0.2, 0.25) is 0 Å². The SMILES string of the molecule is COc1cccc(OC)c1-c1onc(C)c1C(=O)O. The summed E-state index contributed by atoms with van der Waals surface area (Å²) in [7, 11) is 2.98. The first kappa shape index (κ1) is 12.9. The van der Waals surface area contributed by atoms with Gasteiger partial charge in [0.25, 0.3) is 0 Å². The van der Waals surface area contributed by atoms with Gasteiger partial charge in [-0.05, 0) is 19.1 Å². The van der Waals surface area contributed by atoms with Crippen molar-refractivity contribution < 1.29 is 23.9 Å². The van der Waals surface area contributed by atoms with Crippen molar-refractivity contribution in [2.24, 2.45) is 0 Å². The maximum atomic E-state index is 11.3. The van der Waals surface area contributed by atoms with E-state index in [1.54, 1.807) is 25.1 Å². The van der Waals surface area contributed by atoms with E-state index in [0.717, 1.165) is 0 Å². The Kier molecular flexibility index (Phi) is 3.41. The van der Waals surface area contributed by atoms with E-state index in [4.69, 9.17) is 14.0 Å². The smallest absolute Gasteiger partial charge is 0.341 e. The van der Waals surface area contributed by atoms with E-state index in [1.165, 1.54) is 14.2 Å². The Balaban J connectivity index is 2.74. The van der Waals surface area contributed by atoms with Crippen LogP contribution in [0, 0.1) is 6.92 Å². The van der Waals surface area contributed by atoms with Gasteiger partial charge in [-0.1, -0.05) is 11.2 Å². The Morgan fingerprint density at radius 1 is 1.26 bits per heavy atom. The highest BCUT2D eigenvalue weighted by Gasteiger charge is 2.26. The highest BCUT2D eigenvalue weighted by atomic mass is 16.5. The Morgan fingerprint density at radius 3 is 2.32 bits per heavy atom. The number of aromatic nitrogens is 1. The predicted molar refractivity (Wildman–Crippen MR) is 66.7 cm³/mol. The van der Waals surface area contributed by atoms with Gasteiger partial charge in [-0.2, -0.15) is 0 Å². The first-order valence-electron chi connectivity index (χ1n) is 5.51. The lowest BCUT2D eigenvalue weighted by Gasteiger charge is -2.10. The van der Waals surface area contributed by atoms with Crippen molar-refractivity contribution in [3.63, 3.8) is 0 Å². The molecule has 1 aromatic heterocycles. The Labute approximate surface area is 109 Å². The molecular weight excluding hydrogens is 250 g/mol. The maximum absolute atomic E-state index is 11.3. The van der Waals surface area contributed by atoms with Gasteiger partial charge in [0, 0.05) is 0 Å². The minimum atomic E-state index is -1.11. The van der Waals surface area contributed by atoms with Crippen LogP contribution in [0.15, 0.2) is 22.7 Å². The molecule has 100 valence electrons. The summed E-state index contributed by atoms with van der Waals surface area (Å²) in [6.07, 6.45) is 0. The van der Waals surface area contributed by atoms with Crippen molar-refractivity contribution in [3.05, 3.63) is 29.5 Å². The molecule has 0 saturated heterocycles. The number of hydrogen-bond acceptors (Lipinski definition) is 5. The van der Waals surface area contributed by atoms with Gasteiger partial charge >= 0.3 is 5.97 Å². The van der Waals surface area contributed by atoms with Gasteiger partial charge in [0.1, 0.15) is 22.6 Å². The molecule has 1 N–H and O–H groups in total. The second-order valence-corrected chi connectivity index (χ2v) is 3.81. The summed E-state index contributed by atoms with van der Waals surface area (Å²) in [5, 5.41) is 12.9. The minimum Gasteiger partial charge on any atom is -0.496 e. The van der Waals surface area contributed by atoms with E-state index < -0.39 is 5.97 Å². The van der Waals surface area contributed by atoms with Crippen molar-refractivity contribution >= 4 is 5.97 Å². The Bertz CT molecular complexity index is 595. The molecule has 0 spiro atoms. The monoisotopic (exact) mass is 263 g/mol. The fourth-order valence-corrected chi connectivity index (χ4v) is 1.87. The normalized spacial score (nSPS) is 10.3. The van der Waals surface area contributed by atoms with Crippen molar-refractivity contribution in [3.8, 4) is 22.8 Å². The van der Waals surface area contributed by atoms with E-state index in [1.807, 2.05) is 0 Å². The summed E-state index contributed by atoms with van der Waals surface area (Å²) >= 11 is 0. The van der Waals surface area contributed by atoms with E-state index in [-0.39, 0.29) is 11.3 Å². The number of aryl methyl sites for hydroxylation is 1. The molecule has 2 rings (SSSR count). The molecule has 2 aromatic rings. The van der Waals surface area contributed by atoms with Crippen LogP contribution in [-0.2, 0) is 0 Å². The number of methoxy groups -OCH3 is 2. The fourth-order valence-electron chi connectivity index (χ4n) is 1.87. The van der Waals surface area contributed by atoms with Gasteiger partial charge < -0.3 is 19.1 Å². The molecule has 1 heterocycles. The van der Waals surface area contributed by atoms with Crippen LogP contribution in [0.5, 0.6) is 11.5 Å². The molecule has 0 aliphatic rings. The number of ether oxygens (including phenoxy) is 2. The quantitative estimate of drug-likeness (QED) is 0.911. The zero-order chi connectivity index (χ0) is 14.0. The van der Waals surface area contributed by atoms with Crippen LogP contribution < -0.4 is 9.47 Å². The number of hydrogen-bond donors (Lipinski definition) is 1. The Hall–Kier alpha value is -2.50. The van der Waals surface area contributed by atoms with Crippen LogP contribution in [0.4, 0.5) is 0 Å². The minimum absolute atomic E-state index is 0.00259. The van der Waals surface area contributed by atoms with E-state index in [0.29, 0.717) is 22.8 Å². The molecular formula is C13H13NO5. The second kappa shape index (κ2) is 5.01. The lowest BCUT2D eigenvalue weighted by molar-refractivity contribution is 0.0696. The zero-order valence-electron chi connectivity index (χ0n) is 10.8. The largest absolute Gasteiger partial charge is 0.496 e. The summed E-state index contributed by atoms with van der Waals surface area (Å²) in [6, 6.07) is 5.13. The average Bonchev–Trinajstić information content (AvgIpc) is 2.79. The third-order valence-electron chi connectivity index (χ3n) is 2.73. The molecule has 0 unspecified atom stereocenters. The van der Waals surface area contributed by atoms with E-state index >= 15 is 0 Å². The van der Waals surface area contributed by atoms with Crippen LogP contribution in [0.2, 0.25) is 0 Å². The van der Waals surface area contributed by atoms with E-state index in [9.17, 15) is 9.90 Å². The summed E-state index contributed by atoms with van der Waals surface area (Å²) in [5.74, 6) is -0.0722. The van der Waals surface area contributed by atoms with Crippen molar-refractivity contribution in [1.82, 2.24) is 5.16 Å². The molecule has 19 heavy (non-hydrogen) atoms. The maximum Gasteiger partial charge on any atom is 0.341 e. The highest BCUT2D eigenvalue weighted by Crippen LogP contribution is 2.40. The van der Waals surface area contributed by atoms with Crippen molar-refractivity contribution in [2.75, 3.05) is 14.2 Å². The number of carbonyl (C=O) groups is 1. The molecule has 6 heteroatoms. The van der Waals surface area contributed by atoms with Gasteiger partial charge in [0.05, 0.1) is 19.9 Å². The molecule has 1 aromatic carbocycles. The van der Waals surface area contributed by atoms with Crippen LogP contribution in [-0.4, -0.2) is 30.5 Å². The standard InChI is InChI=1S/C13H13NO5/c1-7-10(13(15)16)12(19-14-7)11-8(17-2)5-4-6-9(11)18-3/h4-6H,1-3H3,(H,15,16). The van der Waals surface area contributed by atoms with E-state index in [2.05, 4.69) is 5.16 Å². The fraction of sp³-hybridized carbons (Fsp3) is 0.231. The van der Waals surface area contributed by atoms with Gasteiger partial charge in [-0.3, -0.25) is 0 Å². The van der Waals surface area contributed by atoms with Gasteiger partial charge in [-0.25, -0.2) is 4.79 Å². The number of carboxylic acid groups (broad SMARTS) is 1. The summed E-state index contributed by atoms with van der Waals surface area (Å²) < 4.78 is 15.6. The number of nitrogens with zero attached hydrogens (tertiary/aromatic N) is 1. The first-order chi connectivity index (χ1) is 9.10. The van der Waals surface area contributed by atoms with Gasteiger partial charge in [0.15, 0.2) is 5.76 Å². The highest BCUT2D eigenvalue weighted by molar-refractivity contribution is 5.97. The summed E-state index contributed by atoms with van der Waals surface area (Å²) in [4.78, 5) is 11.3. The molecule has 0 radical (unpaired) electrons. The summed E-state index contributed by atoms with van der Waals surface area (Å²) in [6.45, 7) is 1.57. The van der Waals surface area contributed by atoms with Crippen LogP contribution in [0.25, 0.3) is 11.3 Å². The van der Waals surface area contributed by atoms with Gasteiger partial charge in [-0.15, -0.1) is 0 Å². The zero-order valence-corrected chi connectivity index (χ0v) is 10.8. The third-order valence-corrected chi connectivity index (χ3v) is 2.73. The van der Waals surface area contributed by atoms with Crippen LogP contribution in [0.1, 0.15) is 16.1 Å². The molecule has 0 bridgehead atoms. The lowest BCUT2D eigenvalue weighted by Crippen LogP contribution is -2.01. The number of benzene rings is 1. The number of carboxylic acids is 1. The predicted octanol–water partition coefficient (Wildman–Crippen LogP) is 2.37. The molecule has 0 saturated carbocycles. The lowest BCUT2D eigenvalue weighted by atomic mass is 10.0. The first-order valence-corrected chi connectivity index (χ1v) is 5.51. The second-order valence-electron chi connectivity index (χ2n) is 3.81. The topological polar surface area (TPSA) is 81.8 Å². The van der Waals surface area contributed by atoms with Crippen molar-refractivity contribution in [2.45, 2.75) is 6.92 Å². The van der Waals surface area contributed by atoms with Crippen molar-refractivity contribution in [1.29, 1.82) is 0 Å². The Morgan fingerprint density at radius 2 is 1.84 bits per heavy atom. The molecule has 0 fully saturated rings. The molecule has 0 atom stereocenters. The van der Waals surface area contributed by atoms with Crippen LogP contribution >= 0.6 is 0 Å².